The van der Waals surface area contributed by atoms with Gasteiger partial charge in [0.15, 0.2) is 0 Å². The van der Waals surface area contributed by atoms with Crippen molar-refractivity contribution in [3.05, 3.63) is 0 Å². The minimum absolute atomic E-state index is 0.158. The van der Waals surface area contributed by atoms with Crippen molar-refractivity contribution in [2.75, 3.05) is 5.75 Å². The third-order valence-corrected chi connectivity index (χ3v) is 4.25. The van der Waals surface area contributed by atoms with Gasteiger partial charge in [-0.05, 0) is 23.3 Å². The number of thioether (sulfide) groups is 1. The minimum atomic E-state index is -0.282. The lowest BCUT2D eigenvalue weighted by Gasteiger charge is -2.11. The lowest BCUT2D eigenvalue weighted by molar-refractivity contribution is -0.129. The summed E-state index contributed by atoms with van der Waals surface area (Å²) in [6.45, 7) is 3.51. The Morgan fingerprint density at radius 3 is 2.71 bits per heavy atom. The summed E-state index contributed by atoms with van der Waals surface area (Å²) >= 11 is 1.27. The fraction of sp³-hybridized carbons (Fsp3) is 0.750. The van der Waals surface area contributed by atoms with Gasteiger partial charge in [0.05, 0.1) is 11.8 Å². The van der Waals surface area contributed by atoms with E-state index in [-0.39, 0.29) is 23.5 Å². The Labute approximate surface area is 127 Å². The van der Waals surface area contributed by atoms with Crippen molar-refractivity contribution in [1.29, 1.82) is 0 Å². The number of amides is 2. The van der Waals surface area contributed by atoms with E-state index in [0.29, 0.717) is 11.2 Å². The average Bonchev–Trinajstić information content (AvgIpc) is 3.12. The van der Waals surface area contributed by atoms with Gasteiger partial charge in [0.2, 0.25) is 17.0 Å². The maximum Gasteiger partial charge on any atom is 0.248 e. The molecule has 2 N–H and O–H groups in total. The van der Waals surface area contributed by atoms with Crippen LogP contribution < -0.4 is 10.9 Å². The molecule has 116 valence electrons. The molecule has 0 atom stereocenters. The van der Waals surface area contributed by atoms with Crippen molar-refractivity contribution in [3.8, 4) is 0 Å². The fourth-order valence-corrected chi connectivity index (χ4v) is 2.84. The second-order valence-corrected chi connectivity index (χ2v) is 6.27. The molecular weight excluding hydrogens is 292 g/mol. The van der Waals surface area contributed by atoms with Gasteiger partial charge in [-0.25, -0.2) is 4.68 Å². The number of hydrogen-bond donors (Lipinski definition) is 2. The molecule has 0 spiro atoms. The van der Waals surface area contributed by atoms with Gasteiger partial charge in [-0.1, -0.05) is 38.5 Å². The van der Waals surface area contributed by atoms with E-state index < -0.39 is 0 Å². The highest BCUT2D eigenvalue weighted by Crippen LogP contribution is 2.31. The molecule has 0 saturated heterocycles. The van der Waals surface area contributed by atoms with Crippen LogP contribution in [0.5, 0.6) is 0 Å². The van der Waals surface area contributed by atoms with E-state index in [9.17, 15) is 9.59 Å². The maximum atomic E-state index is 11.7. The Morgan fingerprint density at radius 1 is 1.33 bits per heavy atom. The molecule has 0 unspecified atom stereocenters. The number of aromatic nitrogens is 4. The second-order valence-electron chi connectivity index (χ2n) is 5.33. The first kappa shape index (κ1) is 15.7. The van der Waals surface area contributed by atoms with E-state index in [4.69, 9.17) is 0 Å². The number of hydrazine groups is 1. The van der Waals surface area contributed by atoms with Crippen LogP contribution in [0, 0.1) is 5.92 Å². The van der Waals surface area contributed by atoms with Gasteiger partial charge in [-0.15, -0.1) is 5.10 Å². The van der Waals surface area contributed by atoms with Crippen LogP contribution in [0.4, 0.5) is 0 Å². The third-order valence-electron chi connectivity index (χ3n) is 3.32. The number of carbonyl (C=O) groups excluding carboxylic acids is 2. The van der Waals surface area contributed by atoms with Crippen LogP contribution >= 0.6 is 11.8 Å². The van der Waals surface area contributed by atoms with E-state index in [2.05, 4.69) is 26.4 Å². The Kier molecular flexibility index (Phi) is 5.54. The molecule has 0 bridgehead atoms. The summed E-state index contributed by atoms with van der Waals surface area (Å²) in [5.74, 6) is -0.516. The van der Waals surface area contributed by atoms with Crippen LogP contribution in [0.3, 0.4) is 0 Å². The molecule has 2 rings (SSSR count). The lowest BCUT2D eigenvalue weighted by Crippen LogP contribution is -2.44. The summed E-state index contributed by atoms with van der Waals surface area (Å²) in [6.07, 6.45) is 4.54. The third kappa shape index (κ3) is 4.42. The summed E-state index contributed by atoms with van der Waals surface area (Å²) in [5, 5.41) is 12.3. The van der Waals surface area contributed by atoms with Crippen LogP contribution in [0.25, 0.3) is 0 Å². The molecule has 1 heterocycles. The standard InChI is InChI=1S/C12H20N6O2S/c1-8(2)11(20)14-13-10(19)7-21-12-15-16-17-18(12)9-5-3-4-6-9/h8-9H,3-7H2,1-2H3,(H,13,19)(H,14,20). The first-order chi connectivity index (χ1) is 10.1. The minimum Gasteiger partial charge on any atom is -0.273 e. The van der Waals surface area contributed by atoms with Gasteiger partial charge in [0, 0.05) is 5.92 Å². The molecule has 1 aliphatic carbocycles. The predicted molar refractivity (Wildman–Crippen MR) is 77.2 cm³/mol. The lowest BCUT2D eigenvalue weighted by atomic mass is 10.2. The smallest absolute Gasteiger partial charge is 0.248 e. The molecule has 8 nitrogen and oxygen atoms in total. The molecule has 1 saturated carbocycles. The molecule has 1 aromatic rings. The van der Waals surface area contributed by atoms with Gasteiger partial charge in [0.1, 0.15) is 0 Å². The van der Waals surface area contributed by atoms with E-state index >= 15 is 0 Å². The number of hydrogen-bond acceptors (Lipinski definition) is 6. The number of carbonyl (C=O) groups is 2. The number of rotatable bonds is 5. The zero-order valence-electron chi connectivity index (χ0n) is 12.2. The van der Waals surface area contributed by atoms with Crippen LogP contribution in [-0.2, 0) is 9.59 Å². The van der Waals surface area contributed by atoms with E-state index in [1.165, 1.54) is 24.6 Å². The molecular formula is C12H20N6O2S. The Bertz CT molecular complexity index is 498. The van der Waals surface area contributed by atoms with Crippen molar-refractivity contribution >= 4 is 23.6 Å². The largest absolute Gasteiger partial charge is 0.273 e. The molecule has 21 heavy (non-hydrogen) atoms. The predicted octanol–water partition coefficient (Wildman–Crippen LogP) is 0.684. The van der Waals surface area contributed by atoms with Crippen LogP contribution in [-0.4, -0.2) is 37.8 Å². The van der Waals surface area contributed by atoms with Crippen molar-refractivity contribution < 1.29 is 9.59 Å². The average molecular weight is 312 g/mol. The molecule has 0 aliphatic heterocycles. The monoisotopic (exact) mass is 312 g/mol. The maximum absolute atomic E-state index is 11.7. The number of nitrogens with zero attached hydrogens (tertiary/aromatic N) is 4. The van der Waals surface area contributed by atoms with Crippen LogP contribution in [0.15, 0.2) is 5.16 Å². The van der Waals surface area contributed by atoms with Gasteiger partial charge >= 0.3 is 0 Å². The second kappa shape index (κ2) is 7.39. The van der Waals surface area contributed by atoms with Crippen LogP contribution in [0.1, 0.15) is 45.6 Å². The van der Waals surface area contributed by atoms with Crippen molar-refractivity contribution in [2.24, 2.45) is 5.92 Å². The Hall–Kier alpha value is -1.64. The highest BCUT2D eigenvalue weighted by Gasteiger charge is 2.22. The van der Waals surface area contributed by atoms with Gasteiger partial charge < -0.3 is 0 Å². The molecule has 1 aromatic heterocycles. The van der Waals surface area contributed by atoms with E-state index in [1.807, 2.05) is 0 Å². The van der Waals surface area contributed by atoms with E-state index in [0.717, 1.165) is 12.8 Å². The summed E-state index contributed by atoms with van der Waals surface area (Å²) in [5.41, 5.74) is 4.75. The molecule has 1 aliphatic rings. The van der Waals surface area contributed by atoms with Gasteiger partial charge in [-0.3, -0.25) is 20.4 Å². The number of nitrogens with one attached hydrogen (secondary N) is 2. The zero-order chi connectivity index (χ0) is 15.2. The Balaban J connectivity index is 1.79. The van der Waals surface area contributed by atoms with Gasteiger partial charge in [-0.2, -0.15) is 0 Å². The normalized spacial score (nSPS) is 15.4. The SMILES string of the molecule is CC(C)C(=O)NNC(=O)CSc1nnnn1C1CCCC1. The first-order valence-corrected chi connectivity index (χ1v) is 8.06. The summed E-state index contributed by atoms with van der Waals surface area (Å²) in [4.78, 5) is 23.0. The van der Waals surface area contributed by atoms with Gasteiger partial charge in [0.25, 0.3) is 0 Å². The zero-order valence-corrected chi connectivity index (χ0v) is 13.0. The Morgan fingerprint density at radius 2 is 2.05 bits per heavy atom. The topological polar surface area (TPSA) is 102 Å². The van der Waals surface area contributed by atoms with Crippen molar-refractivity contribution in [3.63, 3.8) is 0 Å². The highest BCUT2D eigenvalue weighted by molar-refractivity contribution is 7.99. The fourth-order valence-electron chi connectivity index (χ4n) is 2.10. The molecule has 9 heteroatoms. The van der Waals surface area contributed by atoms with Crippen molar-refractivity contribution in [2.45, 2.75) is 50.7 Å². The molecule has 0 radical (unpaired) electrons. The number of tetrazole rings is 1. The van der Waals surface area contributed by atoms with Crippen LogP contribution in [0.2, 0.25) is 0 Å². The molecule has 2 amide bonds. The quantitative estimate of drug-likeness (QED) is 0.612. The molecule has 1 fully saturated rings. The van der Waals surface area contributed by atoms with E-state index in [1.54, 1.807) is 18.5 Å². The highest BCUT2D eigenvalue weighted by atomic mass is 32.2. The first-order valence-electron chi connectivity index (χ1n) is 7.07. The van der Waals surface area contributed by atoms with Crippen molar-refractivity contribution in [1.82, 2.24) is 31.1 Å². The summed E-state index contributed by atoms with van der Waals surface area (Å²) in [6, 6.07) is 0.339. The summed E-state index contributed by atoms with van der Waals surface area (Å²) < 4.78 is 1.80. The molecule has 0 aromatic carbocycles. The summed E-state index contributed by atoms with van der Waals surface area (Å²) in [7, 11) is 0.